The predicted molar refractivity (Wildman–Crippen MR) is 79.8 cm³/mol. The standard InChI is InChI=1S/C16H19FN2O/c1-19(2)12-7-4-6-11(10-12)16(18)13-8-5-9-14(20-3)15(13)17/h4-10,16H,18H2,1-3H3. The van der Waals surface area contributed by atoms with Gasteiger partial charge in [0.2, 0.25) is 0 Å². The quantitative estimate of drug-likeness (QED) is 0.931. The first-order valence-corrected chi connectivity index (χ1v) is 6.40. The summed E-state index contributed by atoms with van der Waals surface area (Å²) in [6, 6.07) is 12.3. The van der Waals surface area contributed by atoms with E-state index in [9.17, 15) is 4.39 Å². The molecule has 0 radical (unpaired) electrons. The van der Waals surface area contributed by atoms with E-state index in [4.69, 9.17) is 10.5 Å². The largest absolute Gasteiger partial charge is 0.494 e. The van der Waals surface area contributed by atoms with E-state index in [-0.39, 0.29) is 5.75 Å². The number of rotatable bonds is 4. The Bertz CT molecular complexity index is 599. The predicted octanol–water partition coefficient (Wildman–Crippen LogP) is 2.95. The lowest BCUT2D eigenvalue weighted by Crippen LogP contribution is -2.15. The molecule has 0 heterocycles. The second-order valence-electron chi connectivity index (χ2n) is 4.83. The molecule has 0 bridgehead atoms. The summed E-state index contributed by atoms with van der Waals surface area (Å²) in [6.45, 7) is 0. The number of ether oxygens (including phenoxy) is 1. The van der Waals surface area contributed by atoms with Crippen molar-refractivity contribution in [3.05, 3.63) is 59.4 Å². The van der Waals surface area contributed by atoms with E-state index in [1.54, 1.807) is 18.2 Å². The zero-order valence-electron chi connectivity index (χ0n) is 11.9. The summed E-state index contributed by atoms with van der Waals surface area (Å²) in [5.74, 6) is -0.195. The third kappa shape index (κ3) is 2.75. The average molecular weight is 274 g/mol. The number of hydrogen-bond acceptors (Lipinski definition) is 3. The van der Waals surface area contributed by atoms with E-state index in [2.05, 4.69) is 0 Å². The van der Waals surface area contributed by atoms with Crippen LogP contribution < -0.4 is 15.4 Å². The Hall–Kier alpha value is -2.07. The van der Waals surface area contributed by atoms with E-state index in [1.165, 1.54) is 7.11 Å². The molecule has 1 atom stereocenters. The Morgan fingerprint density at radius 3 is 2.50 bits per heavy atom. The molecule has 0 aromatic heterocycles. The molecule has 0 amide bonds. The van der Waals surface area contributed by atoms with Crippen molar-refractivity contribution < 1.29 is 9.13 Å². The summed E-state index contributed by atoms with van der Waals surface area (Å²) in [6.07, 6.45) is 0. The molecule has 2 N–H and O–H groups in total. The maximum absolute atomic E-state index is 14.3. The van der Waals surface area contributed by atoms with Crippen LogP contribution in [0, 0.1) is 5.82 Å². The van der Waals surface area contributed by atoms with Gasteiger partial charge in [-0.25, -0.2) is 4.39 Å². The first-order valence-electron chi connectivity index (χ1n) is 6.40. The van der Waals surface area contributed by atoms with Crippen LogP contribution in [0.3, 0.4) is 0 Å². The van der Waals surface area contributed by atoms with Gasteiger partial charge in [0.1, 0.15) is 0 Å². The molecular weight excluding hydrogens is 255 g/mol. The van der Waals surface area contributed by atoms with E-state index in [0.717, 1.165) is 11.3 Å². The lowest BCUT2D eigenvalue weighted by Gasteiger charge is -2.18. The van der Waals surface area contributed by atoms with Gasteiger partial charge < -0.3 is 15.4 Å². The van der Waals surface area contributed by atoms with Crippen molar-refractivity contribution >= 4 is 5.69 Å². The molecule has 0 fully saturated rings. The summed E-state index contributed by atoms with van der Waals surface area (Å²) in [5.41, 5.74) is 8.52. The minimum Gasteiger partial charge on any atom is -0.494 e. The molecule has 2 aromatic rings. The SMILES string of the molecule is COc1cccc(C(N)c2cccc(N(C)C)c2)c1F. The first-order chi connectivity index (χ1) is 9.54. The fourth-order valence-corrected chi connectivity index (χ4v) is 2.10. The highest BCUT2D eigenvalue weighted by Gasteiger charge is 2.17. The first kappa shape index (κ1) is 14.3. The Balaban J connectivity index is 2.41. The third-order valence-corrected chi connectivity index (χ3v) is 3.29. The molecule has 0 aliphatic carbocycles. The van der Waals surface area contributed by atoms with Crippen LogP contribution in [-0.4, -0.2) is 21.2 Å². The van der Waals surface area contributed by atoms with Gasteiger partial charge in [-0.05, 0) is 23.8 Å². The van der Waals surface area contributed by atoms with E-state index >= 15 is 0 Å². The monoisotopic (exact) mass is 274 g/mol. The average Bonchev–Trinajstić information content (AvgIpc) is 2.47. The number of nitrogens with zero attached hydrogens (tertiary/aromatic N) is 1. The maximum atomic E-state index is 14.3. The molecule has 20 heavy (non-hydrogen) atoms. The molecule has 0 aliphatic rings. The number of benzene rings is 2. The van der Waals surface area contributed by atoms with Crippen molar-refractivity contribution in [2.45, 2.75) is 6.04 Å². The van der Waals surface area contributed by atoms with Gasteiger partial charge in [-0.3, -0.25) is 0 Å². The fraction of sp³-hybridized carbons (Fsp3) is 0.250. The minimum atomic E-state index is -0.523. The summed E-state index contributed by atoms with van der Waals surface area (Å²) in [5, 5.41) is 0. The summed E-state index contributed by atoms with van der Waals surface area (Å²) in [7, 11) is 5.36. The van der Waals surface area contributed by atoms with Crippen molar-refractivity contribution in [2.75, 3.05) is 26.1 Å². The van der Waals surface area contributed by atoms with Gasteiger partial charge in [0, 0.05) is 25.3 Å². The van der Waals surface area contributed by atoms with Gasteiger partial charge in [-0.2, -0.15) is 0 Å². The highest BCUT2D eigenvalue weighted by atomic mass is 19.1. The summed E-state index contributed by atoms with van der Waals surface area (Å²) >= 11 is 0. The fourth-order valence-electron chi connectivity index (χ4n) is 2.10. The van der Waals surface area contributed by atoms with E-state index in [0.29, 0.717) is 5.56 Å². The van der Waals surface area contributed by atoms with Crippen LogP contribution in [0.1, 0.15) is 17.2 Å². The molecule has 1 unspecified atom stereocenters. The maximum Gasteiger partial charge on any atom is 0.170 e. The van der Waals surface area contributed by atoms with Crippen molar-refractivity contribution in [1.29, 1.82) is 0 Å². The zero-order valence-corrected chi connectivity index (χ0v) is 11.9. The highest BCUT2D eigenvalue weighted by Crippen LogP contribution is 2.29. The van der Waals surface area contributed by atoms with Crippen LogP contribution in [0.4, 0.5) is 10.1 Å². The second-order valence-corrected chi connectivity index (χ2v) is 4.83. The van der Waals surface area contributed by atoms with Gasteiger partial charge in [-0.15, -0.1) is 0 Å². The van der Waals surface area contributed by atoms with Crippen molar-refractivity contribution in [1.82, 2.24) is 0 Å². The van der Waals surface area contributed by atoms with Crippen molar-refractivity contribution in [3.8, 4) is 5.75 Å². The second kappa shape index (κ2) is 5.92. The smallest absolute Gasteiger partial charge is 0.170 e. The number of anilines is 1. The van der Waals surface area contributed by atoms with Crippen LogP contribution in [0.5, 0.6) is 5.75 Å². The van der Waals surface area contributed by atoms with E-state index in [1.807, 2.05) is 43.3 Å². The number of hydrogen-bond donors (Lipinski definition) is 1. The third-order valence-electron chi connectivity index (χ3n) is 3.29. The van der Waals surface area contributed by atoms with Gasteiger partial charge in [0.25, 0.3) is 0 Å². The molecule has 106 valence electrons. The van der Waals surface area contributed by atoms with Crippen molar-refractivity contribution in [2.24, 2.45) is 5.73 Å². The summed E-state index contributed by atoms with van der Waals surface area (Å²) in [4.78, 5) is 1.98. The minimum absolute atomic E-state index is 0.210. The number of methoxy groups -OCH3 is 1. The van der Waals surface area contributed by atoms with Crippen LogP contribution in [0.2, 0.25) is 0 Å². The Morgan fingerprint density at radius 2 is 1.85 bits per heavy atom. The van der Waals surface area contributed by atoms with Crippen LogP contribution >= 0.6 is 0 Å². The van der Waals surface area contributed by atoms with Gasteiger partial charge in [-0.1, -0.05) is 24.3 Å². The Labute approximate surface area is 118 Å². The van der Waals surface area contributed by atoms with Gasteiger partial charge in [0.05, 0.1) is 13.2 Å². The molecule has 0 aliphatic heterocycles. The summed E-state index contributed by atoms with van der Waals surface area (Å²) < 4.78 is 19.2. The van der Waals surface area contributed by atoms with Crippen molar-refractivity contribution in [3.63, 3.8) is 0 Å². The molecule has 2 aromatic carbocycles. The molecular formula is C16H19FN2O. The van der Waals surface area contributed by atoms with Crippen LogP contribution in [0.15, 0.2) is 42.5 Å². The van der Waals surface area contributed by atoms with Crippen LogP contribution in [-0.2, 0) is 0 Å². The Kier molecular flexibility index (Phi) is 4.25. The molecule has 2 rings (SSSR count). The topological polar surface area (TPSA) is 38.5 Å². The van der Waals surface area contributed by atoms with Gasteiger partial charge in [0.15, 0.2) is 11.6 Å². The highest BCUT2D eigenvalue weighted by molar-refractivity contribution is 5.49. The molecule has 0 saturated carbocycles. The lowest BCUT2D eigenvalue weighted by atomic mass is 9.98. The normalized spacial score (nSPS) is 12.1. The van der Waals surface area contributed by atoms with Crippen LogP contribution in [0.25, 0.3) is 0 Å². The number of halogens is 1. The Morgan fingerprint density at radius 1 is 1.15 bits per heavy atom. The molecule has 0 saturated heterocycles. The lowest BCUT2D eigenvalue weighted by molar-refractivity contribution is 0.383. The molecule has 0 spiro atoms. The molecule has 4 heteroatoms. The van der Waals surface area contributed by atoms with Gasteiger partial charge >= 0.3 is 0 Å². The molecule has 3 nitrogen and oxygen atoms in total. The van der Waals surface area contributed by atoms with E-state index < -0.39 is 11.9 Å². The number of nitrogens with two attached hydrogens (primary N) is 1. The zero-order chi connectivity index (χ0) is 14.7.